The summed E-state index contributed by atoms with van der Waals surface area (Å²) in [4.78, 5) is 25.2. The summed E-state index contributed by atoms with van der Waals surface area (Å²) >= 11 is 0. The van der Waals surface area contributed by atoms with Crippen molar-refractivity contribution in [1.29, 1.82) is 0 Å². The molecule has 0 aromatic heterocycles. The van der Waals surface area contributed by atoms with Gasteiger partial charge >= 0.3 is 0 Å². The van der Waals surface area contributed by atoms with E-state index in [9.17, 15) is 18.0 Å². The van der Waals surface area contributed by atoms with Gasteiger partial charge in [-0.15, -0.1) is 0 Å². The average Bonchev–Trinajstić information content (AvgIpc) is 2.80. The van der Waals surface area contributed by atoms with E-state index in [1.807, 2.05) is 45.9 Å². The molecule has 1 unspecified atom stereocenters. The minimum Gasteiger partial charge on any atom is -0.377 e. The number of rotatable bonds is 6. The molecule has 7 heteroatoms. The first-order valence-corrected chi connectivity index (χ1v) is 12.7. The summed E-state index contributed by atoms with van der Waals surface area (Å²) in [6.07, 6.45) is 0.193. The fraction of sp³-hybridized carbons (Fsp3) is 0.259. The Morgan fingerprint density at radius 2 is 1.68 bits per heavy atom. The Morgan fingerprint density at radius 1 is 0.971 bits per heavy atom. The van der Waals surface area contributed by atoms with Crippen LogP contribution in [0.3, 0.4) is 0 Å². The highest BCUT2D eigenvalue weighted by Crippen LogP contribution is 2.34. The van der Waals surface area contributed by atoms with Crippen LogP contribution < -0.4 is 10.0 Å². The van der Waals surface area contributed by atoms with Gasteiger partial charge in [0.1, 0.15) is 0 Å². The SMILES string of the molecule is Cc1ccc(NS(=O)(=O)c2ccc3c(c2)C(=O)CC(c2ccc(C(=O)C(C)C)cc2)N3)cc1C. The van der Waals surface area contributed by atoms with Gasteiger partial charge in [0.05, 0.1) is 10.9 Å². The van der Waals surface area contributed by atoms with Crippen molar-refractivity contribution in [3.05, 3.63) is 88.5 Å². The van der Waals surface area contributed by atoms with Gasteiger partial charge in [-0.3, -0.25) is 14.3 Å². The van der Waals surface area contributed by atoms with Crippen LogP contribution in [0.4, 0.5) is 11.4 Å². The first-order chi connectivity index (χ1) is 16.0. The number of fused-ring (bicyclic) bond motifs is 1. The van der Waals surface area contributed by atoms with Crippen molar-refractivity contribution in [2.45, 2.75) is 45.1 Å². The van der Waals surface area contributed by atoms with Crippen molar-refractivity contribution < 1.29 is 18.0 Å². The second-order valence-electron chi connectivity index (χ2n) is 9.08. The van der Waals surface area contributed by atoms with E-state index in [0.29, 0.717) is 22.5 Å². The van der Waals surface area contributed by atoms with Crippen LogP contribution in [0.15, 0.2) is 65.6 Å². The molecule has 3 aromatic carbocycles. The number of hydrogen-bond acceptors (Lipinski definition) is 5. The quantitative estimate of drug-likeness (QED) is 0.447. The fourth-order valence-electron chi connectivity index (χ4n) is 4.01. The molecule has 0 saturated heterocycles. The van der Waals surface area contributed by atoms with E-state index >= 15 is 0 Å². The zero-order chi connectivity index (χ0) is 24.6. The minimum absolute atomic E-state index is 0.0367. The lowest BCUT2D eigenvalue weighted by molar-refractivity contribution is 0.0937. The maximum Gasteiger partial charge on any atom is 0.261 e. The molecule has 0 aliphatic carbocycles. The molecule has 0 amide bonds. The van der Waals surface area contributed by atoms with Gasteiger partial charge in [0.2, 0.25) is 0 Å². The maximum atomic E-state index is 12.9. The standard InChI is InChI=1S/C27H28N2O4S/c1-16(2)27(31)20-8-6-19(7-9-20)25-15-26(30)23-14-22(11-12-24(23)28-25)34(32,33)29-21-10-5-17(3)18(4)13-21/h5-14,16,25,28-29H,15H2,1-4H3. The number of benzene rings is 3. The summed E-state index contributed by atoms with van der Waals surface area (Å²) in [7, 11) is -3.85. The second-order valence-corrected chi connectivity index (χ2v) is 10.8. The van der Waals surface area contributed by atoms with E-state index in [0.717, 1.165) is 16.7 Å². The van der Waals surface area contributed by atoms with Crippen LogP contribution in [0.2, 0.25) is 0 Å². The molecule has 1 aliphatic heterocycles. The predicted molar refractivity (Wildman–Crippen MR) is 134 cm³/mol. The Bertz CT molecular complexity index is 1380. The first-order valence-electron chi connectivity index (χ1n) is 11.2. The van der Waals surface area contributed by atoms with Gasteiger partial charge < -0.3 is 5.32 Å². The second kappa shape index (κ2) is 9.06. The lowest BCUT2D eigenvalue weighted by atomic mass is 9.91. The molecule has 0 saturated carbocycles. The van der Waals surface area contributed by atoms with Crippen LogP contribution in [0.25, 0.3) is 0 Å². The summed E-state index contributed by atoms with van der Waals surface area (Å²) in [6, 6.07) is 16.9. The van der Waals surface area contributed by atoms with Crippen molar-refractivity contribution in [2.75, 3.05) is 10.0 Å². The summed E-state index contributed by atoms with van der Waals surface area (Å²) in [5.74, 6) is -0.140. The van der Waals surface area contributed by atoms with Crippen LogP contribution >= 0.6 is 0 Å². The van der Waals surface area contributed by atoms with Crippen LogP contribution in [0.5, 0.6) is 0 Å². The zero-order valence-electron chi connectivity index (χ0n) is 19.7. The Kier molecular flexibility index (Phi) is 6.32. The van der Waals surface area contributed by atoms with Gasteiger partial charge in [-0.2, -0.15) is 0 Å². The minimum atomic E-state index is -3.85. The van der Waals surface area contributed by atoms with Gasteiger partial charge in [-0.1, -0.05) is 44.2 Å². The maximum absolute atomic E-state index is 12.9. The van der Waals surface area contributed by atoms with Crippen molar-refractivity contribution in [3.63, 3.8) is 0 Å². The molecular formula is C27H28N2O4S. The summed E-state index contributed by atoms with van der Waals surface area (Å²) in [5.41, 5.74) is 5.02. The summed E-state index contributed by atoms with van der Waals surface area (Å²) < 4.78 is 28.5. The molecule has 176 valence electrons. The van der Waals surface area contributed by atoms with Crippen LogP contribution in [-0.4, -0.2) is 20.0 Å². The highest BCUT2D eigenvalue weighted by Gasteiger charge is 2.28. The number of carbonyl (C=O) groups excluding carboxylic acids is 2. The van der Waals surface area contributed by atoms with Crippen molar-refractivity contribution in [2.24, 2.45) is 5.92 Å². The summed E-state index contributed by atoms with van der Waals surface area (Å²) in [6.45, 7) is 7.60. The third kappa shape index (κ3) is 4.75. The molecular weight excluding hydrogens is 448 g/mol. The number of aryl methyl sites for hydroxylation is 2. The largest absolute Gasteiger partial charge is 0.377 e. The van der Waals surface area contributed by atoms with Gasteiger partial charge in [0.25, 0.3) is 10.0 Å². The normalized spacial score (nSPS) is 15.6. The molecule has 0 spiro atoms. The molecule has 0 fully saturated rings. The van der Waals surface area contributed by atoms with Gasteiger partial charge in [0.15, 0.2) is 11.6 Å². The van der Waals surface area contributed by atoms with Gasteiger partial charge in [-0.25, -0.2) is 8.42 Å². The molecule has 1 atom stereocenters. The highest BCUT2D eigenvalue weighted by molar-refractivity contribution is 7.92. The molecule has 0 radical (unpaired) electrons. The van der Waals surface area contributed by atoms with E-state index in [1.54, 1.807) is 30.3 Å². The molecule has 2 N–H and O–H groups in total. The molecule has 6 nitrogen and oxygen atoms in total. The zero-order valence-corrected chi connectivity index (χ0v) is 20.5. The number of ketones is 2. The fourth-order valence-corrected chi connectivity index (χ4v) is 5.09. The molecule has 0 bridgehead atoms. The lowest BCUT2D eigenvalue weighted by Gasteiger charge is -2.27. The number of anilines is 2. The van der Waals surface area contributed by atoms with E-state index in [-0.39, 0.29) is 34.8 Å². The van der Waals surface area contributed by atoms with Crippen molar-refractivity contribution >= 4 is 33.0 Å². The van der Waals surface area contributed by atoms with Crippen molar-refractivity contribution in [3.8, 4) is 0 Å². The van der Waals surface area contributed by atoms with Gasteiger partial charge in [0, 0.05) is 34.8 Å². The Morgan fingerprint density at radius 3 is 2.32 bits per heavy atom. The average molecular weight is 477 g/mol. The van der Waals surface area contributed by atoms with Crippen molar-refractivity contribution in [1.82, 2.24) is 0 Å². The van der Waals surface area contributed by atoms with Crippen LogP contribution in [-0.2, 0) is 10.0 Å². The number of nitrogens with one attached hydrogen (secondary N) is 2. The Balaban J connectivity index is 1.56. The van der Waals surface area contributed by atoms with E-state index < -0.39 is 10.0 Å². The topological polar surface area (TPSA) is 92.3 Å². The van der Waals surface area contributed by atoms with Crippen LogP contribution in [0, 0.1) is 19.8 Å². The number of Topliss-reactive ketones (excluding diaryl/α,β-unsaturated/α-hetero) is 2. The third-order valence-corrected chi connectivity index (χ3v) is 7.58. The first kappa shape index (κ1) is 23.7. The molecule has 34 heavy (non-hydrogen) atoms. The lowest BCUT2D eigenvalue weighted by Crippen LogP contribution is -2.24. The monoisotopic (exact) mass is 476 g/mol. The van der Waals surface area contributed by atoms with E-state index in [4.69, 9.17) is 0 Å². The Labute approximate surface area is 200 Å². The van der Waals surface area contributed by atoms with E-state index in [1.165, 1.54) is 12.1 Å². The van der Waals surface area contributed by atoms with Crippen LogP contribution in [0.1, 0.15) is 63.7 Å². The molecule has 1 heterocycles. The van der Waals surface area contributed by atoms with E-state index in [2.05, 4.69) is 10.0 Å². The molecule has 1 aliphatic rings. The predicted octanol–water partition coefficient (Wildman–Crippen LogP) is 5.68. The molecule has 3 aromatic rings. The summed E-state index contributed by atoms with van der Waals surface area (Å²) in [5, 5.41) is 3.34. The molecule has 4 rings (SSSR count). The number of hydrogen-bond donors (Lipinski definition) is 2. The third-order valence-electron chi connectivity index (χ3n) is 6.20. The highest BCUT2D eigenvalue weighted by atomic mass is 32.2. The van der Waals surface area contributed by atoms with Gasteiger partial charge in [-0.05, 0) is 60.9 Å². The number of carbonyl (C=O) groups is 2. The number of sulfonamides is 1. The smallest absolute Gasteiger partial charge is 0.261 e. The Hall–Kier alpha value is -3.45.